The van der Waals surface area contributed by atoms with E-state index in [0.29, 0.717) is 6.42 Å². The fourth-order valence-electron chi connectivity index (χ4n) is 3.86. The summed E-state index contributed by atoms with van der Waals surface area (Å²) in [4.78, 5) is 28.7. The topological polar surface area (TPSA) is 52.7 Å². The van der Waals surface area contributed by atoms with Crippen molar-refractivity contribution in [1.82, 2.24) is 15.1 Å². The van der Waals surface area contributed by atoms with Gasteiger partial charge in [-0.15, -0.1) is 0 Å². The molecule has 5 nitrogen and oxygen atoms in total. The molecule has 1 aromatic rings. The Bertz CT molecular complexity index is 617. The second kappa shape index (κ2) is 8.48. The van der Waals surface area contributed by atoms with Crippen LogP contribution in [0.15, 0.2) is 24.3 Å². The fourth-order valence-corrected chi connectivity index (χ4v) is 3.86. The Morgan fingerprint density at radius 2 is 1.92 bits per heavy atom. The van der Waals surface area contributed by atoms with Crippen molar-refractivity contribution >= 4 is 11.8 Å². The molecule has 1 N–H and O–H groups in total. The lowest BCUT2D eigenvalue weighted by molar-refractivity contribution is -0.138. The SMILES string of the molecule is CCc1ccccc1CN1CCCN(C(=O)[C@H]2CCCC(=O)N2)CC1. The van der Waals surface area contributed by atoms with Crippen molar-refractivity contribution in [3.05, 3.63) is 35.4 Å². The molecule has 0 saturated carbocycles. The number of hydrogen-bond donors (Lipinski definition) is 1. The van der Waals surface area contributed by atoms with Gasteiger partial charge in [0.1, 0.15) is 6.04 Å². The van der Waals surface area contributed by atoms with Crippen LogP contribution >= 0.6 is 0 Å². The second-order valence-electron chi connectivity index (χ2n) is 7.09. The molecule has 0 radical (unpaired) electrons. The normalized spacial score (nSPS) is 22.4. The third-order valence-corrected chi connectivity index (χ3v) is 5.32. The number of aryl methyl sites for hydroxylation is 1. The average Bonchev–Trinajstić information content (AvgIpc) is 2.87. The fraction of sp³-hybridized carbons (Fsp3) is 0.600. The first-order valence-corrected chi connectivity index (χ1v) is 9.54. The molecule has 1 atom stereocenters. The van der Waals surface area contributed by atoms with E-state index in [1.807, 2.05) is 4.90 Å². The Morgan fingerprint density at radius 1 is 1.12 bits per heavy atom. The third-order valence-electron chi connectivity index (χ3n) is 5.32. The summed E-state index contributed by atoms with van der Waals surface area (Å²) >= 11 is 0. The Kier molecular flexibility index (Phi) is 6.08. The van der Waals surface area contributed by atoms with E-state index >= 15 is 0 Å². The summed E-state index contributed by atoms with van der Waals surface area (Å²) in [5, 5.41) is 2.86. The quantitative estimate of drug-likeness (QED) is 0.909. The predicted octanol–water partition coefficient (Wildman–Crippen LogP) is 1.95. The molecule has 5 heteroatoms. The van der Waals surface area contributed by atoms with Crippen LogP contribution < -0.4 is 5.32 Å². The minimum absolute atomic E-state index is 0.0113. The summed E-state index contributed by atoms with van der Waals surface area (Å²) in [7, 11) is 0. The largest absolute Gasteiger partial charge is 0.344 e. The minimum atomic E-state index is -0.311. The van der Waals surface area contributed by atoms with Gasteiger partial charge >= 0.3 is 0 Å². The highest BCUT2D eigenvalue weighted by Gasteiger charge is 2.29. The van der Waals surface area contributed by atoms with Gasteiger partial charge in [-0.3, -0.25) is 14.5 Å². The zero-order valence-corrected chi connectivity index (χ0v) is 15.2. The Morgan fingerprint density at radius 3 is 2.68 bits per heavy atom. The summed E-state index contributed by atoms with van der Waals surface area (Å²) in [6, 6.07) is 8.31. The first kappa shape index (κ1) is 17.9. The lowest BCUT2D eigenvalue weighted by atomic mass is 10.0. The van der Waals surface area contributed by atoms with E-state index in [1.54, 1.807) is 0 Å². The van der Waals surface area contributed by atoms with Gasteiger partial charge in [-0.1, -0.05) is 31.2 Å². The standard InChI is InChI=1S/C20H29N3O2/c1-2-16-7-3-4-8-17(16)15-22-11-6-12-23(14-13-22)20(25)18-9-5-10-19(24)21-18/h3-4,7-8,18H,2,5-6,9-15H2,1H3,(H,21,24)/t18-/m1/s1. The Balaban J connectivity index is 1.56. The van der Waals surface area contributed by atoms with E-state index < -0.39 is 0 Å². The van der Waals surface area contributed by atoms with Crippen LogP contribution in [0.1, 0.15) is 43.7 Å². The monoisotopic (exact) mass is 343 g/mol. The maximum absolute atomic E-state index is 12.7. The molecule has 2 heterocycles. The molecule has 2 amide bonds. The third kappa shape index (κ3) is 4.60. The average molecular weight is 343 g/mol. The van der Waals surface area contributed by atoms with E-state index in [9.17, 15) is 9.59 Å². The summed E-state index contributed by atoms with van der Waals surface area (Å²) < 4.78 is 0. The highest BCUT2D eigenvalue weighted by atomic mass is 16.2. The molecular weight excluding hydrogens is 314 g/mol. The predicted molar refractivity (Wildman–Crippen MR) is 98.1 cm³/mol. The zero-order chi connectivity index (χ0) is 17.6. The second-order valence-corrected chi connectivity index (χ2v) is 7.09. The van der Waals surface area contributed by atoms with Crippen LogP contribution in [0, 0.1) is 0 Å². The molecule has 0 aliphatic carbocycles. The summed E-state index contributed by atoms with van der Waals surface area (Å²) in [5.74, 6) is 0.112. The first-order valence-electron chi connectivity index (χ1n) is 9.54. The number of carbonyl (C=O) groups excluding carboxylic acids is 2. The van der Waals surface area contributed by atoms with Gasteiger partial charge in [0.05, 0.1) is 0 Å². The number of amides is 2. The van der Waals surface area contributed by atoms with Crippen LogP contribution in [0.2, 0.25) is 0 Å². The van der Waals surface area contributed by atoms with Gasteiger partial charge < -0.3 is 10.2 Å². The van der Waals surface area contributed by atoms with Crippen molar-refractivity contribution in [3.63, 3.8) is 0 Å². The van der Waals surface area contributed by atoms with E-state index in [-0.39, 0.29) is 17.9 Å². The Labute approximate surface area is 150 Å². The number of hydrogen-bond acceptors (Lipinski definition) is 3. The smallest absolute Gasteiger partial charge is 0.245 e. The van der Waals surface area contributed by atoms with Crippen LogP contribution in [-0.2, 0) is 22.6 Å². The molecule has 0 unspecified atom stereocenters. The van der Waals surface area contributed by atoms with E-state index in [1.165, 1.54) is 11.1 Å². The van der Waals surface area contributed by atoms with Crippen LogP contribution in [0.3, 0.4) is 0 Å². The summed E-state index contributed by atoms with van der Waals surface area (Å²) in [6.45, 7) is 6.59. The molecule has 2 aliphatic heterocycles. The van der Waals surface area contributed by atoms with Crippen molar-refractivity contribution in [2.24, 2.45) is 0 Å². The maximum atomic E-state index is 12.7. The van der Waals surface area contributed by atoms with Crippen molar-refractivity contribution in [2.45, 2.75) is 51.6 Å². The van der Waals surface area contributed by atoms with Gasteiger partial charge in [-0.05, 0) is 36.8 Å². The molecule has 0 spiro atoms. The first-order chi connectivity index (χ1) is 12.2. The van der Waals surface area contributed by atoms with Crippen molar-refractivity contribution in [2.75, 3.05) is 26.2 Å². The van der Waals surface area contributed by atoms with Crippen molar-refractivity contribution in [1.29, 1.82) is 0 Å². The number of benzene rings is 1. The molecule has 3 rings (SSSR count). The highest BCUT2D eigenvalue weighted by Crippen LogP contribution is 2.16. The summed E-state index contributed by atoms with van der Waals surface area (Å²) in [5.41, 5.74) is 2.80. The zero-order valence-electron chi connectivity index (χ0n) is 15.2. The molecule has 2 fully saturated rings. The lowest BCUT2D eigenvalue weighted by Gasteiger charge is -2.29. The number of carbonyl (C=O) groups is 2. The number of piperidine rings is 1. The van der Waals surface area contributed by atoms with Crippen molar-refractivity contribution < 1.29 is 9.59 Å². The maximum Gasteiger partial charge on any atom is 0.245 e. The molecule has 25 heavy (non-hydrogen) atoms. The molecule has 2 saturated heterocycles. The molecular formula is C20H29N3O2. The van der Waals surface area contributed by atoms with E-state index in [4.69, 9.17) is 0 Å². The summed E-state index contributed by atoms with van der Waals surface area (Å²) in [6.07, 6.45) is 4.18. The van der Waals surface area contributed by atoms with Crippen LogP contribution in [0.5, 0.6) is 0 Å². The molecule has 0 bridgehead atoms. The van der Waals surface area contributed by atoms with Crippen LogP contribution in [0.25, 0.3) is 0 Å². The van der Waals surface area contributed by atoms with Gasteiger partial charge in [0, 0.05) is 39.1 Å². The van der Waals surface area contributed by atoms with E-state index in [0.717, 1.165) is 58.4 Å². The van der Waals surface area contributed by atoms with Gasteiger partial charge in [0.2, 0.25) is 11.8 Å². The van der Waals surface area contributed by atoms with Gasteiger partial charge in [0.25, 0.3) is 0 Å². The molecule has 0 aromatic heterocycles. The van der Waals surface area contributed by atoms with Gasteiger partial charge in [-0.25, -0.2) is 0 Å². The van der Waals surface area contributed by atoms with Gasteiger partial charge in [-0.2, -0.15) is 0 Å². The number of nitrogens with one attached hydrogen (secondary N) is 1. The molecule has 136 valence electrons. The molecule has 2 aliphatic rings. The minimum Gasteiger partial charge on any atom is -0.344 e. The van der Waals surface area contributed by atoms with Crippen LogP contribution in [0.4, 0.5) is 0 Å². The molecule has 1 aromatic carbocycles. The van der Waals surface area contributed by atoms with Crippen LogP contribution in [-0.4, -0.2) is 53.8 Å². The van der Waals surface area contributed by atoms with E-state index in [2.05, 4.69) is 41.4 Å². The lowest BCUT2D eigenvalue weighted by Crippen LogP contribution is -2.51. The number of nitrogens with zero attached hydrogens (tertiary/aromatic N) is 2. The highest BCUT2D eigenvalue weighted by molar-refractivity contribution is 5.88. The van der Waals surface area contributed by atoms with Crippen molar-refractivity contribution in [3.8, 4) is 0 Å². The Hall–Kier alpha value is -1.88. The van der Waals surface area contributed by atoms with Gasteiger partial charge in [0.15, 0.2) is 0 Å². The number of rotatable bonds is 4.